The molecule has 1 N–H and O–H groups in total. The first-order chi connectivity index (χ1) is 13.1. The van der Waals surface area contributed by atoms with Crippen molar-refractivity contribution in [3.63, 3.8) is 0 Å². The van der Waals surface area contributed by atoms with Crippen LogP contribution >= 0.6 is 0 Å². The summed E-state index contributed by atoms with van der Waals surface area (Å²) in [6, 6.07) is 11.8. The van der Waals surface area contributed by atoms with Crippen LogP contribution in [0.3, 0.4) is 0 Å². The van der Waals surface area contributed by atoms with Gasteiger partial charge in [-0.2, -0.15) is 9.78 Å². The second-order valence-corrected chi connectivity index (χ2v) is 7.71. The van der Waals surface area contributed by atoms with Crippen LogP contribution in [0.4, 0.5) is 0 Å². The number of aromatic nitrogens is 6. The zero-order valence-corrected chi connectivity index (χ0v) is 15.3. The van der Waals surface area contributed by atoms with Gasteiger partial charge >= 0.3 is 0 Å². The summed E-state index contributed by atoms with van der Waals surface area (Å²) in [6.07, 6.45) is 0. The zero-order chi connectivity index (χ0) is 18.5. The highest BCUT2D eigenvalue weighted by atomic mass is 16.2. The van der Waals surface area contributed by atoms with E-state index < -0.39 is 0 Å². The van der Waals surface area contributed by atoms with E-state index >= 15 is 0 Å². The van der Waals surface area contributed by atoms with Crippen molar-refractivity contribution >= 4 is 5.91 Å². The Kier molecular flexibility index (Phi) is 3.60. The molecule has 2 unspecified atom stereocenters. The molecule has 1 aromatic carbocycles. The van der Waals surface area contributed by atoms with Crippen LogP contribution in [-0.2, 0) is 0 Å². The number of carbonyl (C=O) groups is 1. The topological polar surface area (TPSA) is 92.6 Å². The van der Waals surface area contributed by atoms with Gasteiger partial charge in [-0.1, -0.05) is 32.0 Å². The molecule has 138 valence electrons. The minimum absolute atomic E-state index is 0.00625. The number of carbonyl (C=O) groups excluding carboxylic acids is 1. The van der Waals surface area contributed by atoms with Gasteiger partial charge in [0.2, 0.25) is 0 Å². The lowest BCUT2D eigenvalue weighted by Crippen LogP contribution is -2.31. The number of benzene rings is 1. The van der Waals surface area contributed by atoms with E-state index in [2.05, 4.69) is 39.6 Å². The fourth-order valence-electron chi connectivity index (χ4n) is 4.13. The van der Waals surface area contributed by atoms with Crippen molar-refractivity contribution in [3.8, 4) is 5.69 Å². The number of aromatic amines is 1. The Morgan fingerprint density at radius 1 is 1.19 bits per heavy atom. The Morgan fingerprint density at radius 3 is 2.59 bits per heavy atom. The summed E-state index contributed by atoms with van der Waals surface area (Å²) in [6.45, 7) is 5.63. The number of hydrogen-bond donors (Lipinski definition) is 1. The zero-order valence-electron chi connectivity index (χ0n) is 15.3. The Morgan fingerprint density at radius 2 is 1.93 bits per heavy atom. The fourth-order valence-corrected chi connectivity index (χ4v) is 4.13. The molecule has 1 saturated carbocycles. The van der Waals surface area contributed by atoms with Crippen LogP contribution in [0.1, 0.15) is 47.7 Å². The number of nitrogens with one attached hydrogen (secondary N) is 1. The summed E-state index contributed by atoms with van der Waals surface area (Å²) in [5.41, 5.74) is 2.46. The maximum absolute atomic E-state index is 12.7. The van der Waals surface area contributed by atoms with Gasteiger partial charge < -0.3 is 4.90 Å². The molecule has 0 bridgehead atoms. The summed E-state index contributed by atoms with van der Waals surface area (Å²) in [4.78, 5) is 14.6. The maximum Gasteiger partial charge on any atom is 0.274 e. The number of amides is 1. The van der Waals surface area contributed by atoms with Gasteiger partial charge in [-0.3, -0.25) is 9.89 Å². The van der Waals surface area contributed by atoms with Crippen molar-refractivity contribution in [2.75, 3.05) is 13.1 Å². The van der Waals surface area contributed by atoms with E-state index in [0.29, 0.717) is 29.4 Å². The van der Waals surface area contributed by atoms with Crippen molar-refractivity contribution in [2.45, 2.75) is 25.7 Å². The number of hydrogen-bond acceptors (Lipinski definition) is 5. The van der Waals surface area contributed by atoms with E-state index in [1.54, 1.807) is 0 Å². The average molecular weight is 363 g/mol. The lowest BCUT2D eigenvalue weighted by molar-refractivity contribution is 0.0766. The van der Waals surface area contributed by atoms with Crippen LogP contribution in [0.2, 0.25) is 0 Å². The third kappa shape index (κ3) is 2.63. The van der Waals surface area contributed by atoms with Gasteiger partial charge in [0.1, 0.15) is 5.69 Å². The van der Waals surface area contributed by atoms with E-state index in [-0.39, 0.29) is 5.91 Å². The molecule has 0 spiro atoms. The van der Waals surface area contributed by atoms with Crippen LogP contribution in [-0.4, -0.2) is 54.3 Å². The fraction of sp³-hybridized carbons (Fsp3) is 0.421. The first kappa shape index (κ1) is 16.2. The first-order valence-corrected chi connectivity index (χ1v) is 9.31. The Hall–Kier alpha value is -3.03. The Balaban J connectivity index is 1.29. The van der Waals surface area contributed by atoms with Crippen LogP contribution in [0.5, 0.6) is 0 Å². The van der Waals surface area contributed by atoms with E-state index in [1.807, 2.05) is 46.0 Å². The van der Waals surface area contributed by atoms with Gasteiger partial charge in [0.15, 0.2) is 5.82 Å². The first-order valence-electron chi connectivity index (χ1n) is 9.31. The van der Waals surface area contributed by atoms with Crippen molar-refractivity contribution in [2.24, 2.45) is 11.8 Å². The quantitative estimate of drug-likeness (QED) is 0.765. The third-order valence-electron chi connectivity index (χ3n) is 5.71. The van der Waals surface area contributed by atoms with Gasteiger partial charge in [-0.25, -0.2) is 0 Å². The smallest absolute Gasteiger partial charge is 0.274 e. The molecule has 2 aliphatic rings. The minimum Gasteiger partial charge on any atom is -0.337 e. The lowest BCUT2D eigenvalue weighted by Gasteiger charge is -2.18. The summed E-state index contributed by atoms with van der Waals surface area (Å²) in [5.74, 6) is 2.38. The molecule has 5 rings (SSSR count). The number of tetrazole rings is 1. The highest BCUT2D eigenvalue weighted by Crippen LogP contribution is 2.57. The van der Waals surface area contributed by atoms with Crippen LogP contribution in [0.25, 0.3) is 5.69 Å². The number of nitrogens with zero attached hydrogens (tertiary/aromatic N) is 6. The van der Waals surface area contributed by atoms with Gasteiger partial charge in [-0.15, -0.1) is 5.10 Å². The molecule has 2 fully saturated rings. The monoisotopic (exact) mass is 363 g/mol. The number of piperidine rings is 1. The van der Waals surface area contributed by atoms with Gasteiger partial charge in [0.25, 0.3) is 5.91 Å². The van der Waals surface area contributed by atoms with E-state index in [0.717, 1.165) is 30.3 Å². The molecule has 8 heteroatoms. The van der Waals surface area contributed by atoms with Crippen LogP contribution in [0.15, 0.2) is 36.4 Å². The Bertz CT molecular complexity index is 965. The molecule has 3 aromatic rings. The second-order valence-electron chi connectivity index (χ2n) is 7.71. The SMILES string of the molecule is CC(C)c1cc(C(=O)N2CC3C(C2)C3c2nnnn2-c2ccccc2)n[nH]1. The van der Waals surface area contributed by atoms with Gasteiger partial charge in [-0.05, 0) is 46.4 Å². The van der Waals surface area contributed by atoms with Crippen molar-refractivity contribution in [1.82, 2.24) is 35.3 Å². The van der Waals surface area contributed by atoms with Crippen molar-refractivity contribution < 1.29 is 4.79 Å². The largest absolute Gasteiger partial charge is 0.337 e. The van der Waals surface area contributed by atoms with Crippen molar-refractivity contribution in [3.05, 3.63) is 53.6 Å². The molecule has 1 aliphatic heterocycles. The molecule has 0 radical (unpaired) electrons. The molecule has 2 atom stereocenters. The van der Waals surface area contributed by atoms with E-state index in [9.17, 15) is 4.79 Å². The summed E-state index contributed by atoms with van der Waals surface area (Å²) < 4.78 is 1.82. The molecule has 3 heterocycles. The summed E-state index contributed by atoms with van der Waals surface area (Å²) >= 11 is 0. The Labute approximate surface area is 156 Å². The molecular weight excluding hydrogens is 342 g/mol. The normalized spacial score (nSPS) is 23.7. The highest BCUT2D eigenvalue weighted by molar-refractivity contribution is 5.92. The molecule has 2 aromatic heterocycles. The van der Waals surface area contributed by atoms with Crippen LogP contribution < -0.4 is 0 Å². The predicted molar refractivity (Wildman–Crippen MR) is 97.5 cm³/mol. The van der Waals surface area contributed by atoms with E-state index in [4.69, 9.17) is 0 Å². The number of likely N-dealkylation sites (tertiary alicyclic amines) is 1. The predicted octanol–water partition coefficient (Wildman–Crippen LogP) is 1.99. The highest BCUT2D eigenvalue weighted by Gasteiger charge is 2.59. The van der Waals surface area contributed by atoms with Gasteiger partial charge in [0, 0.05) is 24.7 Å². The number of rotatable bonds is 4. The number of fused-ring (bicyclic) bond motifs is 1. The molecular formula is C19H21N7O. The van der Waals surface area contributed by atoms with Gasteiger partial charge in [0.05, 0.1) is 5.69 Å². The molecule has 8 nitrogen and oxygen atoms in total. The number of H-pyrrole nitrogens is 1. The standard InChI is InChI=1S/C19H21N7O/c1-11(2)15-8-16(21-20-15)19(27)25-9-13-14(10-25)17(13)18-22-23-24-26(18)12-6-4-3-5-7-12/h3-8,11,13-14,17H,9-10H2,1-2H3,(H,20,21). The molecule has 1 saturated heterocycles. The molecule has 27 heavy (non-hydrogen) atoms. The minimum atomic E-state index is 0.00625. The van der Waals surface area contributed by atoms with Crippen molar-refractivity contribution in [1.29, 1.82) is 0 Å². The lowest BCUT2D eigenvalue weighted by atomic mass is 10.1. The third-order valence-corrected chi connectivity index (χ3v) is 5.71. The molecule has 1 amide bonds. The average Bonchev–Trinajstić information content (AvgIpc) is 3.21. The van der Waals surface area contributed by atoms with Crippen LogP contribution in [0, 0.1) is 11.8 Å². The number of para-hydroxylation sites is 1. The summed E-state index contributed by atoms with van der Waals surface area (Å²) in [7, 11) is 0. The second kappa shape index (κ2) is 6.00. The maximum atomic E-state index is 12.7. The summed E-state index contributed by atoms with van der Waals surface area (Å²) in [5, 5.41) is 19.5. The molecule has 1 aliphatic carbocycles. The van der Waals surface area contributed by atoms with E-state index in [1.165, 1.54) is 0 Å².